The highest BCUT2D eigenvalue weighted by molar-refractivity contribution is 5.83. The van der Waals surface area contributed by atoms with Crippen LogP contribution in [0.2, 0.25) is 0 Å². The third-order valence-corrected chi connectivity index (χ3v) is 3.87. The number of likely N-dealkylation sites (tertiary alicyclic amines) is 1. The van der Waals surface area contributed by atoms with E-state index in [1.54, 1.807) is 0 Å². The Kier molecular flexibility index (Phi) is 3.38. The normalized spacial score (nSPS) is 37.4. The van der Waals surface area contributed by atoms with Crippen molar-refractivity contribution in [1.29, 1.82) is 0 Å². The summed E-state index contributed by atoms with van der Waals surface area (Å²) in [6, 6.07) is 0. The van der Waals surface area contributed by atoms with Crippen molar-refractivity contribution in [1.82, 2.24) is 4.90 Å². The molecule has 2 aliphatic heterocycles. The molecular weight excluding hydrogens is 222 g/mol. The van der Waals surface area contributed by atoms with Crippen LogP contribution >= 0.6 is 0 Å². The Bertz CT molecular complexity index is 320. The Balaban J connectivity index is 1.92. The van der Waals surface area contributed by atoms with Crippen molar-refractivity contribution >= 4 is 11.9 Å². The monoisotopic (exact) mass is 241 g/mol. The third kappa shape index (κ3) is 2.44. The minimum Gasteiger partial charge on any atom is -0.479 e. The quantitative estimate of drug-likeness (QED) is 0.774. The van der Waals surface area contributed by atoms with Crippen LogP contribution in [0, 0.1) is 11.8 Å². The average Bonchev–Trinajstić information content (AvgIpc) is 2.86. The van der Waals surface area contributed by atoms with Gasteiger partial charge in [0.15, 0.2) is 6.10 Å². The minimum absolute atomic E-state index is 0.0371. The lowest BCUT2D eigenvalue weighted by molar-refractivity contribution is -0.154. The van der Waals surface area contributed by atoms with Crippen LogP contribution in [0.4, 0.5) is 0 Å². The highest BCUT2D eigenvalue weighted by Crippen LogP contribution is 2.27. The highest BCUT2D eigenvalue weighted by atomic mass is 16.5. The van der Waals surface area contributed by atoms with Gasteiger partial charge in [-0.25, -0.2) is 4.79 Å². The minimum atomic E-state index is -0.969. The molecule has 0 aliphatic carbocycles. The van der Waals surface area contributed by atoms with Crippen molar-refractivity contribution in [2.24, 2.45) is 11.8 Å². The van der Waals surface area contributed by atoms with Gasteiger partial charge in [0.1, 0.15) is 6.10 Å². The van der Waals surface area contributed by atoms with Crippen molar-refractivity contribution < 1.29 is 19.4 Å². The number of nitrogens with zero attached hydrogens (tertiary/aromatic N) is 1. The second kappa shape index (κ2) is 4.64. The number of hydrogen-bond acceptors (Lipinski definition) is 3. The Morgan fingerprint density at radius 3 is 2.12 bits per heavy atom. The molecule has 0 bridgehead atoms. The van der Waals surface area contributed by atoms with E-state index in [0.29, 0.717) is 24.7 Å². The first-order chi connectivity index (χ1) is 7.99. The van der Waals surface area contributed by atoms with E-state index in [2.05, 4.69) is 13.8 Å². The van der Waals surface area contributed by atoms with Gasteiger partial charge in [0.2, 0.25) is 0 Å². The Labute approximate surface area is 101 Å². The van der Waals surface area contributed by atoms with E-state index in [1.165, 1.54) is 0 Å². The van der Waals surface area contributed by atoms with Gasteiger partial charge in [-0.15, -0.1) is 0 Å². The first-order valence-electron chi connectivity index (χ1n) is 6.16. The first kappa shape index (κ1) is 12.4. The average molecular weight is 241 g/mol. The van der Waals surface area contributed by atoms with E-state index < -0.39 is 18.2 Å². The van der Waals surface area contributed by atoms with Gasteiger partial charge in [-0.3, -0.25) is 4.79 Å². The predicted octanol–water partition coefficient (Wildman–Crippen LogP) is 0.733. The van der Waals surface area contributed by atoms with Crippen LogP contribution in [0.3, 0.4) is 0 Å². The number of carbonyl (C=O) groups excluding carboxylic acids is 1. The van der Waals surface area contributed by atoms with Crippen molar-refractivity contribution in [3.05, 3.63) is 0 Å². The van der Waals surface area contributed by atoms with Crippen LogP contribution in [0.1, 0.15) is 26.7 Å². The van der Waals surface area contributed by atoms with Gasteiger partial charge >= 0.3 is 5.97 Å². The lowest BCUT2D eigenvalue weighted by Crippen LogP contribution is -2.38. The number of carboxylic acid groups (broad SMARTS) is 1. The zero-order valence-electron chi connectivity index (χ0n) is 10.3. The molecule has 1 N–H and O–H groups in total. The smallest absolute Gasteiger partial charge is 0.332 e. The van der Waals surface area contributed by atoms with Gasteiger partial charge in [0, 0.05) is 13.1 Å². The van der Waals surface area contributed by atoms with Gasteiger partial charge in [0.05, 0.1) is 0 Å². The lowest BCUT2D eigenvalue weighted by atomic mass is 10.0. The molecular formula is C12H19NO4. The topological polar surface area (TPSA) is 66.8 Å². The molecule has 2 fully saturated rings. The predicted molar refractivity (Wildman–Crippen MR) is 60.4 cm³/mol. The van der Waals surface area contributed by atoms with E-state index >= 15 is 0 Å². The number of carbonyl (C=O) groups is 2. The van der Waals surface area contributed by atoms with Crippen molar-refractivity contribution in [3.63, 3.8) is 0 Å². The summed E-state index contributed by atoms with van der Waals surface area (Å²) < 4.78 is 5.28. The number of ether oxygens (including phenoxy) is 1. The summed E-state index contributed by atoms with van der Waals surface area (Å²) in [6.07, 6.45) is -0.394. The number of carboxylic acids is 1. The molecule has 0 aromatic heterocycles. The maximum absolute atomic E-state index is 12.1. The zero-order chi connectivity index (χ0) is 12.6. The van der Waals surface area contributed by atoms with Crippen molar-refractivity contribution in [2.45, 2.75) is 38.9 Å². The standard InChI is InChI=1S/C12H19NO4/c1-7-5-13(6-8(7)2)11(14)9-3-4-10(17-9)12(15)16/h7-10H,3-6H2,1-2H3,(H,15,16). The van der Waals surface area contributed by atoms with Crippen LogP contribution in [-0.2, 0) is 14.3 Å². The van der Waals surface area contributed by atoms with E-state index in [0.717, 1.165) is 13.1 Å². The molecule has 5 heteroatoms. The van der Waals surface area contributed by atoms with E-state index in [9.17, 15) is 9.59 Å². The second-order valence-electron chi connectivity index (χ2n) is 5.23. The summed E-state index contributed by atoms with van der Waals surface area (Å²) >= 11 is 0. The van der Waals surface area contributed by atoms with Crippen molar-refractivity contribution in [2.75, 3.05) is 13.1 Å². The van der Waals surface area contributed by atoms with Gasteiger partial charge in [-0.05, 0) is 24.7 Å². The molecule has 1 amide bonds. The third-order valence-electron chi connectivity index (χ3n) is 3.87. The molecule has 17 heavy (non-hydrogen) atoms. The largest absolute Gasteiger partial charge is 0.479 e. The fourth-order valence-corrected chi connectivity index (χ4v) is 2.51. The van der Waals surface area contributed by atoms with E-state index in [-0.39, 0.29) is 5.91 Å². The number of amides is 1. The molecule has 0 aromatic carbocycles. The van der Waals surface area contributed by atoms with Crippen LogP contribution in [0.25, 0.3) is 0 Å². The molecule has 0 radical (unpaired) electrons. The maximum atomic E-state index is 12.1. The van der Waals surface area contributed by atoms with Gasteiger partial charge in [-0.1, -0.05) is 13.8 Å². The summed E-state index contributed by atoms with van der Waals surface area (Å²) in [5, 5.41) is 8.81. The first-order valence-corrected chi connectivity index (χ1v) is 6.16. The summed E-state index contributed by atoms with van der Waals surface area (Å²) in [7, 11) is 0. The van der Waals surface area contributed by atoms with E-state index in [1.807, 2.05) is 4.90 Å². The Morgan fingerprint density at radius 2 is 1.65 bits per heavy atom. The number of hydrogen-bond donors (Lipinski definition) is 1. The number of aliphatic carboxylic acids is 1. The Hall–Kier alpha value is -1.10. The fraction of sp³-hybridized carbons (Fsp3) is 0.833. The van der Waals surface area contributed by atoms with Crippen LogP contribution < -0.4 is 0 Å². The molecule has 0 saturated carbocycles. The lowest BCUT2D eigenvalue weighted by Gasteiger charge is -2.20. The molecule has 5 nitrogen and oxygen atoms in total. The molecule has 0 spiro atoms. The van der Waals surface area contributed by atoms with Gasteiger partial charge in [-0.2, -0.15) is 0 Å². The molecule has 96 valence electrons. The van der Waals surface area contributed by atoms with Crippen LogP contribution in [0.5, 0.6) is 0 Å². The highest BCUT2D eigenvalue weighted by Gasteiger charge is 2.39. The molecule has 2 aliphatic rings. The summed E-state index contributed by atoms with van der Waals surface area (Å²) in [5.74, 6) is 0.0136. The molecule has 2 rings (SSSR count). The fourth-order valence-electron chi connectivity index (χ4n) is 2.51. The zero-order valence-corrected chi connectivity index (χ0v) is 10.3. The van der Waals surface area contributed by atoms with Gasteiger partial charge in [0.25, 0.3) is 5.91 Å². The van der Waals surface area contributed by atoms with Crippen LogP contribution in [-0.4, -0.2) is 47.2 Å². The SMILES string of the molecule is CC1CN(C(=O)C2CCC(C(=O)O)O2)CC1C. The maximum Gasteiger partial charge on any atom is 0.332 e. The molecule has 2 saturated heterocycles. The number of rotatable bonds is 2. The van der Waals surface area contributed by atoms with Gasteiger partial charge < -0.3 is 14.7 Å². The molecule has 4 unspecified atom stereocenters. The summed E-state index contributed by atoms with van der Waals surface area (Å²) in [6.45, 7) is 5.79. The summed E-state index contributed by atoms with van der Waals surface area (Å²) in [5.41, 5.74) is 0. The summed E-state index contributed by atoms with van der Waals surface area (Å²) in [4.78, 5) is 24.7. The van der Waals surface area contributed by atoms with E-state index in [4.69, 9.17) is 9.84 Å². The Morgan fingerprint density at radius 1 is 1.12 bits per heavy atom. The van der Waals surface area contributed by atoms with Crippen molar-refractivity contribution in [3.8, 4) is 0 Å². The molecule has 2 heterocycles. The van der Waals surface area contributed by atoms with Crippen LogP contribution in [0.15, 0.2) is 0 Å². The molecule has 4 atom stereocenters. The second-order valence-corrected chi connectivity index (χ2v) is 5.23. The molecule has 0 aromatic rings.